The Bertz CT molecular complexity index is 519. The van der Waals surface area contributed by atoms with E-state index in [4.69, 9.17) is 14.7 Å². The lowest BCUT2D eigenvalue weighted by atomic mass is 10.1. The highest BCUT2D eigenvalue weighted by Crippen LogP contribution is 2.30. The third-order valence-corrected chi connectivity index (χ3v) is 4.80. The number of hydrogen-bond donors (Lipinski definition) is 1. The van der Waals surface area contributed by atoms with Crippen molar-refractivity contribution in [1.82, 2.24) is 20.2 Å². The van der Waals surface area contributed by atoms with E-state index in [-0.39, 0.29) is 6.10 Å². The fourth-order valence-corrected chi connectivity index (χ4v) is 3.67. The minimum absolute atomic E-state index is 0.0561. The SMILES string of the molecule is CCc1nc(C2CN3CCCC3CO2)nc2c1CNC2. The van der Waals surface area contributed by atoms with Gasteiger partial charge in [0, 0.05) is 36.9 Å². The molecule has 1 aromatic heterocycles. The molecule has 1 aromatic rings. The molecule has 4 heterocycles. The molecule has 0 aliphatic carbocycles. The third-order valence-electron chi connectivity index (χ3n) is 4.80. The summed E-state index contributed by atoms with van der Waals surface area (Å²) in [4.78, 5) is 12.1. The predicted octanol–water partition coefficient (Wildman–Crippen LogP) is 1.18. The molecule has 2 atom stereocenters. The predicted molar refractivity (Wildman–Crippen MR) is 75.2 cm³/mol. The van der Waals surface area contributed by atoms with E-state index in [2.05, 4.69) is 17.1 Å². The van der Waals surface area contributed by atoms with E-state index in [1.54, 1.807) is 0 Å². The van der Waals surface area contributed by atoms with Crippen molar-refractivity contribution >= 4 is 0 Å². The van der Waals surface area contributed by atoms with Gasteiger partial charge in [0.25, 0.3) is 0 Å². The summed E-state index contributed by atoms with van der Waals surface area (Å²) in [5.74, 6) is 0.898. The molecular formula is C15H22N4O. The molecule has 0 radical (unpaired) electrons. The summed E-state index contributed by atoms with van der Waals surface area (Å²) in [7, 11) is 0. The number of nitrogens with one attached hydrogen (secondary N) is 1. The van der Waals surface area contributed by atoms with Gasteiger partial charge < -0.3 is 10.1 Å². The molecule has 0 amide bonds. The first-order valence-corrected chi connectivity index (χ1v) is 7.80. The van der Waals surface area contributed by atoms with Crippen LogP contribution < -0.4 is 5.32 Å². The Kier molecular flexibility index (Phi) is 3.21. The molecule has 5 nitrogen and oxygen atoms in total. The van der Waals surface area contributed by atoms with Gasteiger partial charge in [0.2, 0.25) is 0 Å². The second kappa shape index (κ2) is 5.06. The maximum atomic E-state index is 6.05. The molecule has 0 aromatic carbocycles. The fraction of sp³-hybridized carbons (Fsp3) is 0.733. The first-order chi connectivity index (χ1) is 9.85. The van der Waals surface area contributed by atoms with Crippen molar-refractivity contribution in [2.75, 3.05) is 19.7 Å². The summed E-state index contributed by atoms with van der Waals surface area (Å²) in [6.45, 7) is 6.96. The molecule has 2 unspecified atom stereocenters. The first kappa shape index (κ1) is 12.7. The molecule has 0 spiro atoms. The van der Waals surface area contributed by atoms with Crippen molar-refractivity contribution in [3.05, 3.63) is 22.8 Å². The topological polar surface area (TPSA) is 50.3 Å². The Morgan fingerprint density at radius 1 is 1.35 bits per heavy atom. The van der Waals surface area contributed by atoms with E-state index in [9.17, 15) is 0 Å². The van der Waals surface area contributed by atoms with E-state index in [1.165, 1.54) is 36.3 Å². The number of nitrogens with zero attached hydrogens (tertiary/aromatic N) is 3. The molecule has 20 heavy (non-hydrogen) atoms. The van der Waals surface area contributed by atoms with Crippen LogP contribution in [-0.2, 0) is 24.2 Å². The van der Waals surface area contributed by atoms with Gasteiger partial charge >= 0.3 is 0 Å². The number of ether oxygens (including phenoxy) is 1. The summed E-state index contributed by atoms with van der Waals surface area (Å²) in [5.41, 5.74) is 3.69. The molecular weight excluding hydrogens is 252 g/mol. The first-order valence-electron chi connectivity index (χ1n) is 7.80. The normalized spacial score (nSPS) is 29.4. The number of morpholine rings is 1. The summed E-state index contributed by atoms with van der Waals surface area (Å²) < 4.78 is 6.05. The van der Waals surface area contributed by atoms with Crippen molar-refractivity contribution in [1.29, 1.82) is 0 Å². The maximum Gasteiger partial charge on any atom is 0.158 e. The van der Waals surface area contributed by atoms with Gasteiger partial charge in [-0.1, -0.05) is 6.92 Å². The van der Waals surface area contributed by atoms with Crippen LogP contribution in [0.2, 0.25) is 0 Å². The molecule has 1 N–H and O–H groups in total. The number of hydrogen-bond acceptors (Lipinski definition) is 5. The van der Waals surface area contributed by atoms with Crippen LogP contribution in [0.25, 0.3) is 0 Å². The molecule has 0 saturated carbocycles. The summed E-state index contributed by atoms with van der Waals surface area (Å²) in [6.07, 6.45) is 3.61. The lowest BCUT2D eigenvalue weighted by Gasteiger charge is -2.34. The van der Waals surface area contributed by atoms with E-state index in [0.29, 0.717) is 6.04 Å². The minimum atomic E-state index is 0.0561. The largest absolute Gasteiger partial charge is 0.367 e. The highest BCUT2D eigenvalue weighted by Gasteiger charge is 2.34. The number of fused-ring (bicyclic) bond motifs is 2. The van der Waals surface area contributed by atoms with Gasteiger partial charge in [0.15, 0.2) is 5.82 Å². The second-order valence-electron chi connectivity index (χ2n) is 6.02. The summed E-state index contributed by atoms with van der Waals surface area (Å²) in [6, 6.07) is 0.632. The minimum Gasteiger partial charge on any atom is -0.367 e. The van der Waals surface area contributed by atoms with Crippen molar-refractivity contribution in [2.24, 2.45) is 0 Å². The van der Waals surface area contributed by atoms with Crippen LogP contribution in [0.1, 0.15) is 48.6 Å². The molecule has 2 saturated heterocycles. The Morgan fingerprint density at radius 2 is 2.30 bits per heavy atom. The Morgan fingerprint density at radius 3 is 3.20 bits per heavy atom. The van der Waals surface area contributed by atoms with Crippen molar-refractivity contribution in [2.45, 2.75) is 51.4 Å². The maximum absolute atomic E-state index is 6.05. The van der Waals surface area contributed by atoms with Crippen LogP contribution in [0.3, 0.4) is 0 Å². The van der Waals surface area contributed by atoms with Gasteiger partial charge in [-0.3, -0.25) is 4.90 Å². The van der Waals surface area contributed by atoms with Gasteiger partial charge in [0.1, 0.15) is 6.10 Å². The Balaban J connectivity index is 1.62. The van der Waals surface area contributed by atoms with Crippen LogP contribution in [0.5, 0.6) is 0 Å². The van der Waals surface area contributed by atoms with Gasteiger partial charge in [-0.25, -0.2) is 9.97 Å². The van der Waals surface area contributed by atoms with Crippen LogP contribution in [0.4, 0.5) is 0 Å². The lowest BCUT2D eigenvalue weighted by Crippen LogP contribution is -2.43. The summed E-state index contributed by atoms with van der Waals surface area (Å²) in [5, 5.41) is 3.38. The molecule has 3 aliphatic heterocycles. The van der Waals surface area contributed by atoms with E-state index in [1.807, 2.05) is 0 Å². The van der Waals surface area contributed by atoms with E-state index >= 15 is 0 Å². The zero-order valence-electron chi connectivity index (χ0n) is 12.1. The molecule has 108 valence electrons. The fourth-order valence-electron chi connectivity index (χ4n) is 3.67. The van der Waals surface area contributed by atoms with Crippen molar-refractivity contribution in [3.63, 3.8) is 0 Å². The Labute approximate surface area is 119 Å². The third kappa shape index (κ3) is 2.05. The van der Waals surface area contributed by atoms with Crippen LogP contribution in [0.15, 0.2) is 0 Å². The van der Waals surface area contributed by atoms with E-state index in [0.717, 1.165) is 38.5 Å². The van der Waals surface area contributed by atoms with Gasteiger partial charge in [-0.15, -0.1) is 0 Å². The number of aromatic nitrogens is 2. The monoisotopic (exact) mass is 274 g/mol. The molecule has 5 heteroatoms. The Hall–Kier alpha value is -1.04. The number of rotatable bonds is 2. The molecule has 3 aliphatic rings. The zero-order chi connectivity index (χ0) is 13.5. The van der Waals surface area contributed by atoms with Gasteiger partial charge in [-0.2, -0.15) is 0 Å². The van der Waals surface area contributed by atoms with Crippen LogP contribution in [-0.4, -0.2) is 40.6 Å². The van der Waals surface area contributed by atoms with Gasteiger partial charge in [-0.05, 0) is 25.8 Å². The van der Waals surface area contributed by atoms with E-state index < -0.39 is 0 Å². The molecule has 2 fully saturated rings. The second-order valence-corrected chi connectivity index (χ2v) is 6.02. The summed E-state index contributed by atoms with van der Waals surface area (Å²) >= 11 is 0. The highest BCUT2D eigenvalue weighted by molar-refractivity contribution is 5.29. The zero-order valence-corrected chi connectivity index (χ0v) is 12.1. The average molecular weight is 274 g/mol. The van der Waals surface area contributed by atoms with Crippen LogP contribution in [0, 0.1) is 0 Å². The molecule has 0 bridgehead atoms. The van der Waals surface area contributed by atoms with Crippen LogP contribution >= 0.6 is 0 Å². The highest BCUT2D eigenvalue weighted by atomic mass is 16.5. The smallest absolute Gasteiger partial charge is 0.158 e. The van der Waals surface area contributed by atoms with Crippen molar-refractivity contribution < 1.29 is 4.74 Å². The quantitative estimate of drug-likeness (QED) is 0.877. The molecule has 4 rings (SSSR count). The number of aryl methyl sites for hydroxylation is 1. The average Bonchev–Trinajstić information content (AvgIpc) is 3.13. The van der Waals surface area contributed by atoms with Crippen molar-refractivity contribution in [3.8, 4) is 0 Å². The lowest BCUT2D eigenvalue weighted by molar-refractivity contribution is -0.0542. The standard InChI is InChI=1S/C15H22N4O/c1-2-12-11-6-16-7-13(11)18-15(17-12)14-8-19-5-3-4-10(19)9-20-14/h10,14,16H,2-9H2,1H3. The van der Waals surface area contributed by atoms with Gasteiger partial charge in [0.05, 0.1) is 12.3 Å².